The molecule has 14 heteroatoms. The summed E-state index contributed by atoms with van der Waals surface area (Å²) >= 11 is 0. The SMILES string of the molecule is O=C(O)CN(CCN(CC(=O)O)CC(=O)O)CC(=O)O.[H-].[H-].[H-].[H-].[HH].[HH].[HH].[HH].[Na+].[Na+].[Na+].[Na+]. The fraction of sp³-hybridized carbons (Fsp3) is 0.600. The zero-order valence-electron chi connectivity index (χ0n) is 18.6. The standard InChI is InChI=1S/C10H16N2O8.4Na.4H2.4H/c13-7(14)3-11(4-8(15)16)1-2-12(5-9(17)18)6-10(19)20;;;;;;;;;;;;/h1-6H2,(H,13,14)(H,15,16)(H,17,18)(H,19,20);;;;;4*1H;;;;/q;4*+1;;;;;4*-1. The zero-order chi connectivity index (χ0) is 15.7. The van der Waals surface area contributed by atoms with Crippen LogP contribution in [0.1, 0.15) is 11.4 Å². The van der Waals surface area contributed by atoms with Gasteiger partial charge in [0.1, 0.15) is 0 Å². The number of rotatable bonds is 11. The third kappa shape index (κ3) is 23.8. The molecule has 0 aromatic carbocycles. The molecular weight excluding hydrogens is 368 g/mol. The second-order valence-electron chi connectivity index (χ2n) is 4.00. The van der Waals surface area contributed by atoms with Crippen LogP contribution in [0.5, 0.6) is 0 Å². The van der Waals surface area contributed by atoms with Crippen LogP contribution in [0.25, 0.3) is 0 Å². The number of carboxylic acid groups (broad SMARTS) is 4. The third-order valence-electron chi connectivity index (χ3n) is 2.17. The molecule has 4 N–H and O–H groups in total. The van der Waals surface area contributed by atoms with Crippen molar-refractivity contribution in [2.24, 2.45) is 0 Å². The molecular formula is C10H28N2Na4O8. The summed E-state index contributed by atoms with van der Waals surface area (Å²) in [4.78, 5) is 44.4. The summed E-state index contributed by atoms with van der Waals surface area (Å²) in [6, 6.07) is 0. The molecule has 130 valence electrons. The maximum absolute atomic E-state index is 10.6. The van der Waals surface area contributed by atoms with Gasteiger partial charge in [0.25, 0.3) is 0 Å². The Morgan fingerprint density at radius 2 is 0.750 bits per heavy atom. The second kappa shape index (κ2) is 21.1. The fourth-order valence-electron chi connectivity index (χ4n) is 1.48. The van der Waals surface area contributed by atoms with Gasteiger partial charge >= 0.3 is 142 Å². The number of carboxylic acids is 4. The van der Waals surface area contributed by atoms with Crippen molar-refractivity contribution in [3.05, 3.63) is 0 Å². The minimum Gasteiger partial charge on any atom is -1.00 e. The molecule has 0 atom stereocenters. The molecule has 0 aliphatic carbocycles. The normalized spacial score (nSPS) is 8.92. The monoisotopic (exact) mass is 396 g/mol. The van der Waals surface area contributed by atoms with E-state index in [0.29, 0.717) is 0 Å². The molecule has 0 aromatic rings. The van der Waals surface area contributed by atoms with Gasteiger partial charge in [-0.3, -0.25) is 29.0 Å². The van der Waals surface area contributed by atoms with Crippen LogP contribution in [0.15, 0.2) is 0 Å². The van der Waals surface area contributed by atoms with Crippen molar-refractivity contribution >= 4 is 23.9 Å². The minimum atomic E-state index is -1.23. The number of hydrogen-bond acceptors (Lipinski definition) is 6. The molecule has 0 saturated carbocycles. The van der Waals surface area contributed by atoms with E-state index in [0.717, 1.165) is 9.80 Å². The summed E-state index contributed by atoms with van der Waals surface area (Å²) in [6.07, 6.45) is 0. The van der Waals surface area contributed by atoms with Gasteiger partial charge < -0.3 is 26.1 Å². The van der Waals surface area contributed by atoms with Crippen molar-refractivity contribution < 1.29 is 169 Å². The van der Waals surface area contributed by atoms with Crippen molar-refractivity contribution in [2.45, 2.75) is 0 Å². The van der Waals surface area contributed by atoms with E-state index in [1.807, 2.05) is 0 Å². The predicted molar refractivity (Wildman–Crippen MR) is 76.3 cm³/mol. The third-order valence-corrected chi connectivity index (χ3v) is 2.17. The first-order chi connectivity index (χ1) is 9.20. The Hall–Kier alpha value is 1.80. The summed E-state index contributed by atoms with van der Waals surface area (Å²) in [5.74, 6) is -4.91. The molecule has 0 aliphatic heterocycles. The average Bonchev–Trinajstić information content (AvgIpc) is 2.22. The first kappa shape index (κ1) is 36.7. The molecule has 0 radical (unpaired) electrons. The van der Waals surface area contributed by atoms with Gasteiger partial charge in [-0.25, -0.2) is 0 Å². The summed E-state index contributed by atoms with van der Waals surface area (Å²) in [6.45, 7) is -2.25. The molecule has 10 nitrogen and oxygen atoms in total. The van der Waals surface area contributed by atoms with Crippen molar-refractivity contribution in [3.63, 3.8) is 0 Å². The Balaban J connectivity index is -0.0000000273. The molecule has 0 saturated heterocycles. The van der Waals surface area contributed by atoms with Crippen molar-refractivity contribution in [1.29, 1.82) is 0 Å². The largest absolute Gasteiger partial charge is 1.00 e. The first-order valence-electron chi connectivity index (χ1n) is 5.52. The van der Waals surface area contributed by atoms with Crippen LogP contribution in [-0.4, -0.2) is 93.4 Å². The van der Waals surface area contributed by atoms with Crippen molar-refractivity contribution in [1.82, 2.24) is 9.80 Å². The van der Waals surface area contributed by atoms with Gasteiger partial charge in [-0.05, 0) is 0 Å². The van der Waals surface area contributed by atoms with Crippen LogP contribution < -0.4 is 118 Å². The van der Waals surface area contributed by atoms with E-state index in [2.05, 4.69) is 0 Å². The molecule has 0 unspecified atom stereocenters. The van der Waals surface area contributed by atoms with E-state index in [4.69, 9.17) is 20.4 Å². The van der Waals surface area contributed by atoms with Gasteiger partial charge in [-0.15, -0.1) is 0 Å². The van der Waals surface area contributed by atoms with E-state index in [9.17, 15) is 19.2 Å². The molecule has 0 heterocycles. The van der Waals surface area contributed by atoms with E-state index in [1.165, 1.54) is 0 Å². The van der Waals surface area contributed by atoms with Crippen LogP contribution in [0.2, 0.25) is 0 Å². The number of hydrogen-bond donors (Lipinski definition) is 4. The molecule has 0 rings (SSSR count). The first-order valence-corrected chi connectivity index (χ1v) is 5.52. The fourth-order valence-corrected chi connectivity index (χ4v) is 1.48. The summed E-state index contributed by atoms with van der Waals surface area (Å²) in [7, 11) is 0. The summed E-state index contributed by atoms with van der Waals surface area (Å²) in [5, 5.41) is 34.5. The van der Waals surface area contributed by atoms with E-state index in [-0.39, 0.29) is 143 Å². The smallest absolute Gasteiger partial charge is 1.00 e. The molecule has 0 aromatic heterocycles. The Morgan fingerprint density at radius 1 is 0.583 bits per heavy atom. The number of nitrogens with zero attached hydrogens (tertiary/aromatic N) is 2. The molecule has 0 amide bonds. The number of carbonyl (C=O) groups is 4. The topological polar surface area (TPSA) is 156 Å². The predicted octanol–water partition coefficient (Wildman–Crippen LogP) is -12.6. The molecule has 0 spiro atoms. The van der Waals surface area contributed by atoms with Gasteiger partial charge in [-0.2, -0.15) is 0 Å². The van der Waals surface area contributed by atoms with Gasteiger partial charge in [0, 0.05) is 18.8 Å². The molecule has 0 bridgehead atoms. The van der Waals surface area contributed by atoms with Crippen LogP contribution in [0.4, 0.5) is 0 Å². The van der Waals surface area contributed by atoms with Crippen molar-refractivity contribution in [2.75, 3.05) is 39.3 Å². The van der Waals surface area contributed by atoms with E-state index < -0.39 is 50.1 Å². The minimum absolute atomic E-state index is 0. The zero-order valence-corrected chi connectivity index (χ0v) is 22.6. The number of aliphatic carboxylic acids is 4. The van der Waals surface area contributed by atoms with Gasteiger partial charge in [0.05, 0.1) is 26.2 Å². The molecule has 0 aliphatic rings. The molecule has 0 fully saturated rings. The van der Waals surface area contributed by atoms with Gasteiger partial charge in [-0.1, -0.05) is 0 Å². The Kier molecular flexibility index (Phi) is 32.3. The molecule has 24 heavy (non-hydrogen) atoms. The van der Waals surface area contributed by atoms with Crippen LogP contribution in [0, 0.1) is 0 Å². The average molecular weight is 396 g/mol. The summed E-state index contributed by atoms with van der Waals surface area (Å²) in [5.41, 5.74) is 0. The maximum atomic E-state index is 10.6. The van der Waals surface area contributed by atoms with Gasteiger partial charge in [0.2, 0.25) is 0 Å². The van der Waals surface area contributed by atoms with Crippen LogP contribution >= 0.6 is 0 Å². The Morgan fingerprint density at radius 3 is 0.875 bits per heavy atom. The van der Waals surface area contributed by atoms with Crippen LogP contribution in [0.3, 0.4) is 0 Å². The van der Waals surface area contributed by atoms with Gasteiger partial charge in [0.15, 0.2) is 0 Å². The quantitative estimate of drug-likeness (QED) is 0.247. The van der Waals surface area contributed by atoms with E-state index >= 15 is 0 Å². The van der Waals surface area contributed by atoms with Crippen molar-refractivity contribution in [3.8, 4) is 0 Å². The second-order valence-corrected chi connectivity index (χ2v) is 4.00. The van der Waals surface area contributed by atoms with Crippen LogP contribution in [-0.2, 0) is 19.2 Å². The van der Waals surface area contributed by atoms with E-state index in [1.54, 1.807) is 0 Å². The Labute approximate surface area is 239 Å². The summed E-state index contributed by atoms with van der Waals surface area (Å²) < 4.78 is 0. The maximum Gasteiger partial charge on any atom is 1.00 e. The Bertz CT molecular complexity index is 357.